The lowest BCUT2D eigenvalue weighted by Crippen LogP contribution is -2.24. The molecule has 1 nitrogen and oxygen atoms in total. The van der Waals surface area contributed by atoms with E-state index in [0.29, 0.717) is 17.8 Å². The minimum atomic E-state index is -0.187. The number of Topliss-reactive ketones (excluding diaryl/α,β-unsaturated/α-hetero) is 1. The summed E-state index contributed by atoms with van der Waals surface area (Å²) >= 11 is 0. The summed E-state index contributed by atoms with van der Waals surface area (Å²) in [6.07, 6.45) is 6.54. The molecule has 0 radical (unpaired) electrons. The molecular formula is C18H23FO. The van der Waals surface area contributed by atoms with E-state index >= 15 is 0 Å². The van der Waals surface area contributed by atoms with Gasteiger partial charge in [-0.05, 0) is 61.4 Å². The van der Waals surface area contributed by atoms with Crippen molar-refractivity contribution >= 4 is 11.4 Å². The third-order valence-electron chi connectivity index (χ3n) is 4.46. The van der Waals surface area contributed by atoms with Gasteiger partial charge in [0.1, 0.15) is 11.6 Å². The topological polar surface area (TPSA) is 17.1 Å². The molecule has 1 aromatic rings. The zero-order chi connectivity index (χ0) is 14.7. The Kier molecular flexibility index (Phi) is 4.74. The lowest BCUT2D eigenvalue weighted by Gasteiger charge is -2.24. The molecule has 0 aliphatic heterocycles. The lowest BCUT2D eigenvalue weighted by atomic mass is 9.79. The summed E-state index contributed by atoms with van der Waals surface area (Å²) in [7, 11) is 0. The molecule has 0 spiro atoms. The Morgan fingerprint density at radius 2 is 2.10 bits per heavy atom. The molecule has 1 aromatic carbocycles. The van der Waals surface area contributed by atoms with Crippen LogP contribution in [-0.2, 0) is 11.2 Å². The highest BCUT2D eigenvalue weighted by Gasteiger charge is 2.26. The predicted octanol–water partition coefficient (Wildman–Crippen LogP) is 4.86. The largest absolute Gasteiger partial charge is 0.299 e. The van der Waals surface area contributed by atoms with E-state index in [1.165, 1.54) is 12.5 Å². The molecule has 0 atom stereocenters. The van der Waals surface area contributed by atoms with Gasteiger partial charge in [0.05, 0.1) is 0 Å². The van der Waals surface area contributed by atoms with Crippen molar-refractivity contribution in [2.75, 3.05) is 0 Å². The van der Waals surface area contributed by atoms with Crippen molar-refractivity contribution in [2.45, 2.75) is 52.9 Å². The summed E-state index contributed by atoms with van der Waals surface area (Å²) in [6, 6.07) is 3.28. The highest BCUT2D eigenvalue weighted by molar-refractivity contribution is 5.86. The Labute approximate surface area is 120 Å². The van der Waals surface area contributed by atoms with Crippen molar-refractivity contribution in [1.82, 2.24) is 0 Å². The SMILES string of the molecule is C/C=C(\CC)c1c(CC(=O)C2CCC2)ccc(F)c1C. The molecule has 0 saturated heterocycles. The van der Waals surface area contributed by atoms with Crippen molar-refractivity contribution < 1.29 is 9.18 Å². The number of halogens is 1. The third-order valence-corrected chi connectivity index (χ3v) is 4.46. The smallest absolute Gasteiger partial charge is 0.140 e. The van der Waals surface area contributed by atoms with Crippen LogP contribution in [0.5, 0.6) is 0 Å². The van der Waals surface area contributed by atoms with E-state index in [9.17, 15) is 9.18 Å². The monoisotopic (exact) mass is 274 g/mol. The minimum absolute atomic E-state index is 0.187. The number of carbonyl (C=O) groups is 1. The summed E-state index contributed by atoms with van der Waals surface area (Å²) in [4.78, 5) is 12.2. The zero-order valence-corrected chi connectivity index (χ0v) is 12.6. The number of allylic oxidation sites excluding steroid dienone is 2. The standard InChI is InChI=1S/C18H23FO/c1-4-13(5-2)18-12(3)16(19)10-9-15(18)11-17(20)14-7-6-8-14/h4,9-10,14H,5-8,11H2,1-3H3/b13-4+. The third kappa shape index (κ3) is 2.84. The van der Waals surface area contributed by atoms with Gasteiger partial charge in [0.15, 0.2) is 0 Å². The molecule has 0 bridgehead atoms. The number of hydrogen-bond acceptors (Lipinski definition) is 1. The van der Waals surface area contributed by atoms with Crippen LogP contribution in [0.25, 0.3) is 5.57 Å². The van der Waals surface area contributed by atoms with Gasteiger partial charge in [0.2, 0.25) is 0 Å². The molecular weight excluding hydrogens is 251 g/mol. The normalized spacial score (nSPS) is 16.1. The molecule has 0 aromatic heterocycles. The number of rotatable bonds is 5. The Balaban J connectivity index is 2.36. The first-order chi connectivity index (χ1) is 9.58. The van der Waals surface area contributed by atoms with Crippen LogP contribution in [0.15, 0.2) is 18.2 Å². The molecule has 1 saturated carbocycles. The Morgan fingerprint density at radius 1 is 1.40 bits per heavy atom. The molecule has 2 heteroatoms. The van der Waals surface area contributed by atoms with Gasteiger partial charge < -0.3 is 0 Å². The number of benzene rings is 1. The van der Waals surface area contributed by atoms with Crippen LogP contribution < -0.4 is 0 Å². The van der Waals surface area contributed by atoms with Crippen LogP contribution in [0.3, 0.4) is 0 Å². The number of ketones is 1. The molecule has 1 aliphatic rings. The first-order valence-electron chi connectivity index (χ1n) is 7.54. The maximum atomic E-state index is 13.9. The predicted molar refractivity (Wildman–Crippen MR) is 81.1 cm³/mol. The molecule has 20 heavy (non-hydrogen) atoms. The van der Waals surface area contributed by atoms with Crippen molar-refractivity contribution in [3.8, 4) is 0 Å². The maximum absolute atomic E-state index is 13.9. The van der Waals surface area contributed by atoms with E-state index < -0.39 is 0 Å². The van der Waals surface area contributed by atoms with Gasteiger partial charge in [0, 0.05) is 12.3 Å². The summed E-state index contributed by atoms with van der Waals surface area (Å²) in [5.41, 5.74) is 3.72. The first kappa shape index (κ1) is 15.0. The molecule has 0 unspecified atom stereocenters. The van der Waals surface area contributed by atoms with Crippen molar-refractivity contribution in [1.29, 1.82) is 0 Å². The molecule has 108 valence electrons. The Morgan fingerprint density at radius 3 is 2.60 bits per heavy atom. The van der Waals surface area contributed by atoms with E-state index in [0.717, 1.165) is 36.0 Å². The van der Waals surface area contributed by atoms with E-state index in [-0.39, 0.29) is 11.7 Å². The van der Waals surface area contributed by atoms with Crippen LogP contribution in [0, 0.1) is 18.7 Å². The van der Waals surface area contributed by atoms with Crippen molar-refractivity contribution in [3.63, 3.8) is 0 Å². The van der Waals surface area contributed by atoms with E-state index in [1.54, 1.807) is 13.0 Å². The number of hydrogen-bond donors (Lipinski definition) is 0. The van der Waals surface area contributed by atoms with Crippen molar-refractivity contribution in [2.24, 2.45) is 5.92 Å². The van der Waals surface area contributed by atoms with Gasteiger partial charge in [-0.15, -0.1) is 0 Å². The Hall–Kier alpha value is -1.44. The first-order valence-corrected chi connectivity index (χ1v) is 7.54. The minimum Gasteiger partial charge on any atom is -0.299 e. The van der Waals surface area contributed by atoms with Crippen molar-refractivity contribution in [3.05, 3.63) is 40.7 Å². The highest BCUT2D eigenvalue weighted by Crippen LogP contribution is 2.32. The van der Waals surface area contributed by atoms with Gasteiger partial charge in [-0.1, -0.05) is 25.5 Å². The second-order valence-corrected chi connectivity index (χ2v) is 5.64. The molecule has 0 amide bonds. The lowest BCUT2D eigenvalue weighted by molar-refractivity contribution is -0.124. The molecule has 1 fully saturated rings. The van der Waals surface area contributed by atoms with Crippen LogP contribution >= 0.6 is 0 Å². The van der Waals surface area contributed by atoms with E-state index in [2.05, 4.69) is 6.92 Å². The summed E-state index contributed by atoms with van der Waals surface area (Å²) in [5.74, 6) is 0.367. The van der Waals surface area contributed by atoms with Gasteiger partial charge in [-0.2, -0.15) is 0 Å². The van der Waals surface area contributed by atoms with E-state index in [1.807, 2.05) is 13.0 Å². The van der Waals surface area contributed by atoms with Gasteiger partial charge in [0.25, 0.3) is 0 Å². The second kappa shape index (κ2) is 6.34. The van der Waals surface area contributed by atoms with E-state index in [4.69, 9.17) is 0 Å². The van der Waals surface area contributed by atoms with Crippen LogP contribution in [0.4, 0.5) is 4.39 Å². The van der Waals surface area contributed by atoms with Crippen LogP contribution in [0.1, 0.15) is 56.2 Å². The van der Waals surface area contributed by atoms with Crippen LogP contribution in [0.2, 0.25) is 0 Å². The fourth-order valence-corrected chi connectivity index (χ4v) is 2.92. The summed E-state index contributed by atoms with van der Waals surface area (Å²) < 4.78 is 13.9. The molecule has 2 rings (SSSR count). The van der Waals surface area contributed by atoms with Gasteiger partial charge >= 0.3 is 0 Å². The highest BCUT2D eigenvalue weighted by atomic mass is 19.1. The Bertz CT molecular complexity index is 539. The molecule has 0 heterocycles. The fourth-order valence-electron chi connectivity index (χ4n) is 2.92. The van der Waals surface area contributed by atoms with Gasteiger partial charge in [-0.25, -0.2) is 4.39 Å². The van der Waals surface area contributed by atoms with Gasteiger partial charge in [-0.3, -0.25) is 4.79 Å². The maximum Gasteiger partial charge on any atom is 0.140 e. The second-order valence-electron chi connectivity index (χ2n) is 5.64. The fraction of sp³-hybridized carbons (Fsp3) is 0.500. The average Bonchev–Trinajstić information content (AvgIpc) is 2.36. The average molecular weight is 274 g/mol. The summed E-state index contributed by atoms with van der Waals surface area (Å²) in [5, 5.41) is 0. The summed E-state index contributed by atoms with van der Waals surface area (Å²) in [6.45, 7) is 5.85. The molecule has 1 aliphatic carbocycles. The zero-order valence-electron chi connectivity index (χ0n) is 12.6. The molecule has 0 N–H and O–H groups in total. The van der Waals surface area contributed by atoms with Crippen LogP contribution in [-0.4, -0.2) is 5.78 Å². The number of carbonyl (C=O) groups excluding carboxylic acids is 1. The quantitative estimate of drug-likeness (QED) is 0.749.